The average molecular weight is 450 g/mol. The molecule has 174 valence electrons. The van der Waals surface area contributed by atoms with Crippen molar-refractivity contribution in [1.82, 2.24) is 4.90 Å². The molecule has 33 heavy (non-hydrogen) atoms. The van der Waals surface area contributed by atoms with Gasteiger partial charge in [-0.3, -0.25) is 4.79 Å². The summed E-state index contributed by atoms with van der Waals surface area (Å²) in [5, 5.41) is 0.922. The van der Waals surface area contributed by atoms with Gasteiger partial charge in [0.2, 0.25) is 5.78 Å². The zero-order valence-electron chi connectivity index (χ0n) is 19.5. The summed E-state index contributed by atoms with van der Waals surface area (Å²) in [7, 11) is 0. The first kappa shape index (κ1) is 22.7. The predicted molar refractivity (Wildman–Crippen MR) is 130 cm³/mol. The summed E-state index contributed by atoms with van der Waals surface area (Å²) in [6.07, 6.45) is -0.256. The number of fused-ring (bicyclic) bond motifs is 1. The van der Waals surface area contributed by atoms with E-state index in [4.69, 9.17) is 9.15 Å². The van der Waals surface area contributed by atoms with Crippen LogP contribution in [0.15, 0.2) is 52.9 Å². The largest absolute Gasteiger partial charge is 0.452 e. The summed E-state index contributed by atoms with van der Waals surface area (Å²) in [5.41, 5.74) is 3.43. The molecular formula is C26H31N3O4. The third-order valence-electron chi connectivity index (χ3n) is 6.16. The van der Waals surface area contributed by atoms with Crippen LogP contribution >= 0.6 is 0 Å². The number of nitrogens with zero attached hydrogens (tertiary/aromatic N) is 3. The zero-order chi connectivity index (χ0) is 23.4. The maximum atomic E-state index is 13.0. The number of hydrogen-bond acceptors (Lipinski definition) is 6. The number of anilines is 2. The Labute approximate surface area is 194 Å². The number of piperazine rings is 1. The fourth-order valence-corrected chi connectivity index (χ4v) is 4.25. The van der Waals surface area contributed by atoms with Crippen LogP contribution < -0.4 is 9.80 Å². The first-order valence-electron chi connectivity index (χ1n) is 11.6. The van der Waals surface area contributed by atoms with E-state index in [0.717, 1.165) is 48.5 Å². The van der Waals surface area contributed by atoms with Gasteiger partial charge in [-0.15, -0.1) is 0 Å². The predicted octanol–water partition coefficient (Wildman–Crippen LogP) is 4.79. The number of ketones is 1. The van der Waals surface area contributed by atoms with E-state index in [0.29, 0.717) is 31.0 Å². The van der Waals surface area contributed by atoms with Crippen LogP contribution in [0.1, 0.15) is 36.9 Å². The highest BCUT2D eigenvalue weighted by atomic mass is 16.6. The Kier molecular flexibility index (Phi) is 6.87. The third kappa shape index (κ3) is 4.82. The van der Waals surface area contributed by atoms with E-state index >= 15 is 0 Å². The quantitative estimate of drug-likeness (QED) is 0.483. The normalized spacial score (nSPS) is 13.9. The van der Waals surface area contributed by atoms with E-state index < -0.39 is 0 Å². The van der Waals surface area contributed by atoms with Gasteiger partial charge in [-0.25, -0.2) is 4.79 Å². The lowest BCUT2D eigenvalue weighted by Gasteiger charge is -2.35. The van der Waals surface area contributed by atoms with Crippen molar-refractivity contribution in [3.8, 4) is 0 Å². The topological polar surface area (TPSA) is 66.2 Å². The summed E-state index contributed by atoms with van der Waals surface area (Å²) in [4.78, 5) is 31.1. The molecule has 2 heterocycles. The van der Waals surface area contributed by atoms with Gasteiger partial charge in [0.25, 0.3) is 0 Å². The fraction of sp³-hybridized carbons (Fsp3) is 0.385. The molecule has 0 aliphatic carbocycles. The molecule has 2 aromatic carbocycles. The van der Waals surface area contributed by atoms with Crippen LogP contribution in [-0.2, 0) is 4.74 Å². The van der Waals surface area contributed by atoms with Crippen molar-refractivity contribution in [2.24, 2.45) is 0 Å². The molecule has 7 nitrogen and oxygen atoms in total. The number of furan rings is 1. The van der Waals surface area contributed by atoms with Crippen LogP contribution in [0.3, 0.4) is 0 Å². The van der Waals surface area contributed by atoms with Crippen molar-refractivity contribution in [3.63, 3.8) is 0 Å². The molecule has 0 unspecified atom stereocenters. The smallest absolute Gasteiger partial charge is 0.409 e. The Bertz CT molecular complexity index is 1110. The van der Waals surface area contributed by atoms with Crippen LogP contribution in [0.25, 0.3) is 11.0 Å². The Morgan fingerprint density at radius 1 is 0.939 bits per heavy atom. The Morgan fingerprint density at radius 2 is 1.64 bits per heavy atom. The average Bonchev–Trinajstić information content (AvgIpc) is 3.28. The second-order valence-electron chi connectivity index (χ2n) is 8.05. The molecule has 0 radical (unpaired) electrons. The highest BCUT2D eigenvalue weighted by Gasteiger charge is 2.22. The van der Waals surface area contributed by atoms with Crippen LogP contribution in [0.2, 0.25) is 0 Å². The van der Waals surface area contributed by atoms with Crippen molar-refractivity contribution in [2.75, 3.05) is 55.7 Å². The molecule has 3 aromatic rings. The van der Waals surface area contributed by atoms with Gasteiger partial charge in [-0.2, -0.15) is 0 Å². The zero-order valence-corrected chi connectivity index (χ0v) is 19.5. The number of amides is 1. The maximum Gasteiger partial charge on any atom is 0.409 e. The van der Waals surface area contributed by atoms with Crippen molar-refractivity contribution in [3.05, 3.63) is 59.9 Å². The third-order valence-corrected chi connectivity index (χ3v) is 6.16. The molecule has 1 aliphatic heterocycles. The molecule has 4 rings (SSSR count). The lowest BCUT2D eigenvalue weighted by Crippen LogP contribution is -2.49. The first-order chi connectivity index (χ1) is 16.0. The van der Waals surface area contributed by atoms with Gasteiger partial charge < -0.3 is 23.9 Å². The second kappa shape index (κ2) is 9.98. The van der Waals surface area contributed by atoms with Crippen molar-refractivity contribution < 1.29 is 18.7 Å². The molecule has 0 atom stereocenters. The van der Waals surface area contributed by atoms with Crippen molar-refractivity contribution in [2.45, 2.75) is 20.8 Å². The Balaban J connectivity index is 1.44. The van der Waals surface area contributed by atoms with Crippen LogP contribution in [0.4, 0.5) is 16.2 Å². The van der Waals surface area contributed by atoms with E-state index in [1.165, 1.54) is 0 Å². The van der Waals surface area contributed by atoms with E-state index in [-0.39, 0.29) is 11.9 Å². The van der Waals surface area contributed by atoms with Gasteiger partial charge in [0.1, 0.15) is 5.58 Å². The van der Waals surface area contributed by atoms with E-state index in [2.05, 4.69) is 29.7 Å². The lowest BCUT2D eigenvalue weighted by atomic mass is 10.1. The number of hydrogen-bond donors (Lipinski definition) is 0. The second-order valence-corrected chi connectivity index (χ2v) is 8.05. The standard InChI is InChI=1S/C26H31N3O4/c1-4-27(5-2)22-12-9-20-17-24(33-23(20)18-22)25(30)19-7-10-21(11-8-19)28-13-15-29(16-14-28)26(31)32-6-3/h7-12,17-18H,4-6,13-16H2,1-3H3. The summed E-state index contributed by atoms with van der Waals surface area (Å²) in [6, 6.07) is 15.5. The minimum atomic E-state index is -0.256. The molecule has 0 bridgehead atoms. The van der Waals surface area contributed by atoms with Gasteiger partial charge in [0.15, 0.2) is 5.76 Å². The Hall–Kier alpha value is -3.48. The number of carbonyl (C=O) groups is 2. The van der Waals surface area contributed by atoms with Crippen LogP contribution in [0.5, 0.6) is 0 Å². The first-order valence-corrected chi connectivity index (χ1v) is 11.6. The van der Waals surface area contributed by atoms with Gasteiger partial charge >= 0.3 is 6.09 Å². The number of ether oxygens (including phenoxy) is 1. The minimum Gasteiger partial charge on any atom is -0.452 e. The molecule has 1 amide bonds. The van der Waals surface area contributed by atoms with Crippen LogP contribution in [0, 0.1) is 0 Å². The van der Waals surface area contributed by atoms with Crippen molar-refractivity contribution >= 4 is 34.2 Å². The SMILES string of the molecule is CCOC(=O)N1CCN(c2ccc(C(=O)c3cc4ccc(N(CC)CC)cc4o3)cc2)CC1. The molecule has 0 N–H and O–H groups in total. The van der Waals surface area contributed by atoms with Gasteiger partial charge in [-0.05, 0) is 63.2 Å². The van der Waals surface area contributed by atoms with E-state index in [9.17, 15) is 9.59 Å². The molecule has 1 aliphatic rings. The molecule has 0 spiro atoms. The summed E-state index contributed by atoms with van der Waals surface area (Å²) in [5.74, 6) is 0.215. The lowest BCUT2D eigenvalue weighted by molar-refractivity contribution is 0.101. The number of rotatable bonds is 7. The van der Waals surface area contributed by atoms with Crippen molar-refractivity contribution in [1.29, 1.82) is 0 Å². The molecular weight excluding hydrogens is 418 g/mol. The highest BCUT2D eigenvalue weighted by Crippen LogP contribution is 2.27. The van der Waals surface area contributed by atoms with Crippen LogP contribution in [-0.4, -0.2) is 62.7 Å². The summed E-state index contributed by atoms with van der Waals surface area (Å²) < 4.78 is 11.0. The van der Waals surface area contributed by atoms with E-state index in [1.54, 1.807) is 4.90 Å². The summed E-state index contributed by atoms with van der Waals surface area (Å²) in [6.45, 7) is 11.0. The minimum absolute atomic E-state index is 0.130. The molecule has 1 fully saturated rings. The van der Waals surface area contributed by atoms with Gasteiger partial charge in [0, 0.05) is 67.7 Å². The summed E-state index contributed by atoms with van der Waals surface area (Å²) >= 11 is 0. The maximum absolute atomic E-state index is 13.0. The number of carbonyl (C=O) groups excluding carboxylic acids is 2. The molecule has 7 heteroatoms. The fourth-order valence-electron chi connectivity index (χ4n) is 4.25. The van der Waals surface area contributed by atoms with Gasteiger partial charge in [0.05, 0.1) is 6.61 Å². The number of benzene rings is 2. The monoisotopic (exact) mass is 449 g/mol. The van der Waals surface area contributed by atoms with E-state index in [1.807, 2.05) is 49.4 Å². The highest BCUT2D eigenvalue weighted by molar-refractivity contribution is 6.09. The molecule has 1 saturated heterocycles. The molecule has 1 aromatic heterocycles. The molecule has 0 saturated carbocycles. The van der Waals surface area contributed by atoms with Gasteiger partial charge in [-0.1, -0.05) is 0 Å². The Morgan fingerprint density at radius 3 is 2.27 bits per heavy atom.